The van der Waals surface area contributed by atoms with Crippen LogP contribution in [-0.2, 0) is 11.3 Å². The third kappa shape index (κ3) is 4.82. The first-order valence-electron chi connectivity index (χ1n) is 6.89. The van der Waals surface area contributed by atoms with Gasteiger partial charge < -0.3 is 14.6 Å². The van der Waals surface area contributed by atoms with Gasteiger partial charge in [0.05, 0.1) is 12.7 Å². The average molecular weight is 265 g/mol. The van der Waals surface area contributed by atoms with Gasteiger partial charge in [0, 0.05) is 39.8 Å². The summed E-state index contributed by atoms with van der Waals surface area (Å²) in [6.45, 7) is 4.04. The van der Waals surface area contributed by atoms with E-state index in [2.05, 4.69) is 17.0 Å². The number of β-amino-alcohol motifs (C(OH)–C–C–N with tert-alkyl or cyclic N) is 1. The Balaban J connectivity index is 1.81. The maximum atomic E-state index is 9.52. The van der Waals surface area contributed by atoms with Crippen molar-refractivity contribution < 1.29 is 14.6 Å². The molecule has 19 heavy (non-hydrogen) atoms. The highest BCUT2D eigenvalue weighted by atomic mass is 16.5. The van der Waals surface area contributed by atoms with E-state index in [-0.39, 0.29) is 6.10 Å². The number of aliphatic hydroxyl groups is 1. The van der Waals surface area contributed by atoms with Crippen LogP contribution in [0, 0.1) is 0 Å². The molecule has 1 aromatic rings. The van der Waals surface area contributed by atoms with E-state index in [1.165, 1.54) is 5.56 Å². The number of hydrogen-bond donors (Lipinski definition) is 1. The smallest absolute Gasteiger partial charge is 0.119 e. The Morgan fingerprint density at radius 3 is 3.00 bits per heavy atom. The molecule has 0 aromatic heterocycles. The molecule has 1 aromatic carbocycles. The normalized spacial score (nSPS) is 19.8. The van der Waals surface area contributed by atoms with Gasteiger partial charge in [0.2, 0.25) is 0 Å². The summed E-state index contributed by atoms with van der Waals surface area (Å²) in [5, 5.41) is 9.52. The molecule has 1 fully saturated rings. The van der Waals surface area contributed by atoms with Crippen LogP contribution in [0.5, 0.6) is 5.75 Å². The number of methoxy groups -OCH3 is 1. The van der Waals surface area contributed by atoms with Gasteiger partial charge in [-0.05, 0) is 24.1 Å². The van der Waals surface area contributed by atoms with E-state index in [0.717, 1.165) is 44.8 Å². The Morgan fingerprint density at radius 2 is 2.26 bits per heavy atom. The second-order valence-corrected chi connectivity index (χ2v) is 5.02. The van der Waals surface area contributed by atoms with Gasteiger partial charge in [-0.25, -0.2) is 0 Å². The zero-order chi connectivity index (χ0) is 13.5. The molecule has 106 valence electrons. The third-order valence-electron chi connectivity index (χ3n) is 3.31. The summed E-state index contributed by atoms with van der Waals surface area (Å²) < 4.78 is 10.7. The molecule has 0 amide bonds. The third-order valence-corrected chi connectivity index (χ3v) is 3.31. The van der Waals surface area contributed by atoms with Gasteiger partial charge in [-0.3, -0.25) is 4.90 Å². The van der Waals surface area contributed by atoms with Crippen molar-refractivity contribution in [3.63, 3.8) is 0 Å². The van der Waals surface area contributed by atoms with Crippen molar-refractivity contribution in [3.8, 4) is 5.75 Å². The molecule has 4 nitrogen and oxygen atoms in total. The highest BCUT2D eigenvalue weighted by Gasteiger charge is 2.19. The number of benzene rings is 1. The number of aliphatic hydroxyl groups excluding tert-OH is 1. The van der Waals surface area contributed by atoms with Crippen LogP contribution in [0.1, 0.15) is 18.4 Å². The monoisotopic (exact) mass is 265 g/mol. The lowest BCUT2D eigenvalue weighted by molar-refractivity contribution is 0.172. The van der Waals surface area contributed by atoms with E-state index in [4.69, 9.17) is 9.47 Å². The number of likely N-dealkylation sites (tertiary alicyclic amines) is 1. The van der Waals surface area contributed by atoms with Gasteiger partial charge in [-0.15, -0.1) is 0 Å². The summed E-state index contributed by atoms with van der Waals surface area (Å²) in [6, 6.07) is 8.19. The average Bonchev–Trinajstić information content (AvgIpc) is 2.81. The Kier molecular flexibility index (Phi) is 5.63. The van der Waals surface area contributed by atoms with Crippen LogP contribution in [-0.4, -0.2) is 49.5 Å². The SMILES string of the molecule is COCCCOc1cccc(CN2CC[C@@H](O)C2)c1. The standard InChI is InChI=1S/C15H23NO3/c1-18-8-3-9-19-15-5-2-4-13(10-15)11-16-7-6-14(17)12-16/h2,4-5,10,14,17H,3,6-9,11-12H2,1H3/t14-/m1/s1. The van der Waals surface area contributed by atoms with Gasteiger partial charge >= 0.3 is 0 Å². The summed E-state index contributed by atoms with van der Waals surface area (Å²) in [4.78, 5) is 2.27. The van der Waals surface area contributed by atoms with Crippen LogP contribution in [0.3, 0.4) is 0 Å². The highest BCUT2D eigenvalue weighted by Crippen LogP contribution is 2.18. The molecular formula is C15H23NO3. The Hall–Kier alpha value is -1.10. The molecular weight excluding hydrogens is 242 g/mol. The van der Waals surface area contributed by atoms with Crippen molar-refractivity contribution in [2.75, 3.05) is 33.4 Å². The fourth-order valence-corrected chi connectivity index (χ4v) is 2.34. The van der Waals surface area contributed by atoms with E-state index in [9.17, 15) is 5.11 Å². The molecule has 1 aliphatic heterocycles. The lowest BCUT2D eigenvalue weighted by atomic mass is 10.2. The largest absolute Gasteiger partial charge is 0.493 e. The van der Waals surface area contributed by atoms with Crippen molar-refractivity contribution in [2.24, 2.45) is 0 Å². The van der Waals surface area contributed by atoms with E-state index in [0.29, 0.717) is 6.61 Å². The molecule has 0 bridgehead atoms. The summed E-state index contributed by atoms with van der Waals surface area (Å²) in [5.41, 5.74) is 1.23. The summed E-state index contributed by atoms with van der Waals surface area (Å²) in [7, 11) is 1.70. The first-order chi connectivity index (χ1) is 9.28. The molecule has 0 radical (unpaired) electrons. The number of ether oxygens (including phenoxy) is 2. The van der Waals surface area contributed by atoms with E-state index < -0.39 is 0 Å². The van der Waals surface area contributed by atoms with Crippen molar-refractivity contribution in [1.82, 2.24) is 4.90 Å². The maximum Gasteiger partial charge on any atom is 0.119 e. The quantitative estimate of drug-likeness (QED) is 0.762. The number of rotatable bonds is 7. The zero-order valence-electron chi connectivity index (χ0n) is 11.5. The van der Waals surface area contributed by atoms with Gasteiger partial charge in [-0.1, -0.05) is 12.1 Å². The van der Waals surface area contributed by atoms with Crippen LogP contribution >= 0.6 is 0 Å². The predicted molar refractivity (Wildman–Crippen MR) is 74.3 cm³/mol. The Labute approximate surface area is 114 Å². The fourth-order valence-electron chi connectivity index (χ4n) is 2.34. The summed E-state index contributed by atoms with van der Waals surface area (Å²) >= 11 is 0. The molecule has 1 N–H and O–H groups in total. The number of nitrogens with zero attached hydrogens (tertiary/aromatic N) is 1. The highest BCUT2D eigenvalue weighted by molar-refractivity contribution is 5.28. The second-order valence-electron chi connectivity index (χ2n) is 5.02. The van der Waals surface area contributed by atoms with Crippen molar-refractivity contribution in [2.45, 2.75) is 25.5 Å². The fraction of sp³-hybridized carbons (Fsp3) is 0.600. The lowest BCUT2D eigenvalue weighted by Gasteiger charge is -2.15. The van der Waals surface area contributed by atoms with Crippen molar-refractivity contribution >= 4 is 0 Å². The lowest BCUT2D eigenvalue weighted by Crippen LogP contribution is -2.21. The summed E-state index contributed by atoms with van der Waals surface area (Å²) in [5.74, 6) is 0.911. The predicted octanol–water partition coefficient (Wildman–Crippen LogP) is 1.67. The van der Waals surface area contributed by atoms with Crippen LogP contribution in [0.15, 0.2) is 24.3 Å². The van der Waals surface area contributed by atoms with E-state index in [1.54, 1.807) is 7.11 Å². The molecule has 1 heterocycles. The number of hydrogen-bond acceptors (Lipinski definition) is 4. The maximum absolute atomic E-state index is 9.52. The van der Waals surface area contributed by atoms with Crippen molar-refractivity contribution in [1.29, 1.82) is 0 Å². The molecule has 0 aliphatic carbocycles. The minimum Gasteiger partial charge on any atom is -0.493 e. The molecule has 0 saturated carbocycles. The van der Waals surface area contributed by atoms with Crippen LogP contribution in [0.2, 0.25) is 0 Å². The van der Waals surface area contributed by atoms with Gasteiger partial charge in [-0.2, -0.15) is 0 Å². The second kappa shape index (κ2) is 7.48. The topological polar surface area (TPSA) is 41.9 Å². The molecule has 1 atom stereocenters. The van der Waals surface area contributed by atoms with Gasteiger partial charge in [0.1, 0.15) is 5.75 Å². The Bertz CT molecular complexity index is 383. The van der Waals surface area contributed by atoms with Gasteiger partial charge in [0.15, 0.2) is 0 Å². The minimum atomic E-state index is -0.159. The molecule has 2 rings (SSSR count). The van der Waals surface area contributed by atoms with E-state index >= 15 is 0 Å². The van der Waals surface area contributed by atoms with Crippen LogP contribution in [0.25, 0.3) is 0 Å². The van der Waals surface area contributed by atoms with Crippen LogP contribution in [0.4, 0.5) is 0 Å². The zero-order valence-corrected chi connectivity index (χ0v) is 11.5. The Morgan fingerprint density at radius 1 is 1.37 bits per heavy atom. The molecule has 0 unspecified atom stereocenters. The molecule has 1 saturated heterocycles. The molecule has 0 spiro atoms. The van der Waals surface area contributed by atoms with Crippen LogP contribution < -0.4 is 4.74 Å². The molecule has 1 aliphatic rings. The minimum absolute atomic E-state index is 0.159. The van der Waals surface area contributed by atoms with Gasteiger partial charge in [0.25, 0.3) is 0 Å². The first kappa shape index (κ1) is 14.3. The van der Waals surface area contributed by atoms with Crippen molar-refractivity contribution in [3.05, 3.63) is 29.8 Å². The summed E-state index contributed by atoms with van der Waals surface area (Å²) in [6.07, 6.45) is 1.63. The molecule has 4 heteroatoms. The first-order valence-corrected chi connectivity index (χ1v) is 6.89. The van der Waals surface area contributed by atoms with E-state index in [1.807, 2.05) is 12.1 Å².